The van der Waals surface area contributed by atoms with Gasteiger partial charge in [0.1, 0.15) is 5.82 Å². The van der Waals surface area contributed by atoms with Crippen LogP contribution in [0.4, 0.5) is 4.39 Å². The van der Waals surface area contributed by atoms with Crippen LogP contribution < -0.4 is 10.6 Å². The molecule has 4 unspecified atom stereocenters. The van der Waals surface area contributed by atoms with E-state index in [1.54, 1.807) is 6.07 Å². The molecule has 3 aromatic rings. The van der Waals surface area contributed by atoms with Crippen molar-refractivity contribution in [3.63, 3.8) is 0 Å². The van der Waals surface area contributed by atoms with Crippen LogP contribution in [0.15, 0.2) is 48.7 Å². The molecule has 1 aliphatic heterocycles. The number of pyridine rings is 1. The molecule has 7 heteroatoms. The minimum atomic E-state index is -0.337. The molecule has 6 nitrogen and oxygen atoms in total. The third kappa shape index (κ3) is 4.99. The van der Waals surface area contributed by atoms with Gasteiger partial charge in [-0.05, 0) is 74.6 Å². The van der Waals surface area contributed by atoms with E-state index in [-0.39, 0.29) is 48.2 Å². The first-order valence-corrected chi connectivity index (χ1v) is 11.8. The summed E-state index contributed by atoms with van der Waals surface area (Å²) in [5.74, 6) is -0.564. The monoisotopic (exact) mass is 465 g/mol. The normalized spacial score (nSPS) is 21.3. The number of hydrogen-bond acceptors (Lipinski definition) is 3. The Balaban J connectivity index is 1.54. The zero-order chi connectivity index (χ0) is 24.4. The van der Waals surface area contributed by atoms with Crippen LogP contribution in [0.5, 0.6) is 0 Å². The maximum absolute atomic E-state index is 13.5. The highest BCUT2D eigenvalue weighted by atomic mass is 19.1. The van der Waals surface area contributed by atoms with Gasteiger partial charge in [0.15, 0.2) is 0 Å². The topological polar surface area (TPSA) is 71.8 Å². The van der Waals surface area contributed by atoms with Gasteiger partial charge in [0.05, 0.1) is 24.3 Å². The lowest BCUT2D eigenvalue weighted by atomic mass is 9.84. The molecule has 2 aromatic heterocycles. The molecule has 2 N–H and O–H groups in total. The molecule has 4 atom stereocenters. The predicted molar refractivity (Wildman–Crippen MR) is 129 cm³/mol. The van der Waals surface area contributed by atoms with E-state index in [9.17, 15) is 14.0 Å². The molecule has 3 heterocycles. The minimum Gasteiger partial charge on any atom is -0.368 e. The van der Waals surface area contributed by atoms with Crippen molar-refractivity contribution in [1.29, 1.82) is 0 Å². The number of nitrogens with zero attached hydrogens (tertiary/aromatic N) is 1. The van der Waals surface area contributed by atoms with Gasteiger partial charge >= 0.3 is 0 Å². The van der Waals surface area contributed by atoms with Crippen molar-refractivity contribution in [2.24, 2.45) is 11.8 Å². The zero-order valence-corrected chi connectivity index (χ0v) is 20.1. The van der Waals surface area contributed by atoms with Gasteiger partial charge in [-0.25, -0.2) is 4.39 Å². The Hall–Kier alpha value is -3.19. The maximum Gasteiger partial charge on any atom is 0.251 e. The molecule has 2 amide bonds. The van der Waals surface area contributed by atoms with E-state index in [2.05, 4.69) is 17.6 Å². The number of amides is 2. The van der Waals surface area contributed by atoms with Crippen LogP contribution >= 0.6 is 0 Å². The largest absolute Gasteiger partial charge is 0.368 e. The molecule has 0 saturated carbocycles. The second-order valence-corrected chi connectivity index (χ2v) is 9.39. The summed E-state index contributed by atoms with van der Waals surface area (Å²) in [6.45, 7) is 8.44. The molecule has 1 aliphatic rings. The molecule has 0 spiro atoms. The van der Waals surface area contributed by atoms with Crippen LogP contribution in [0.3, 0.4) is 0 Å². The minimum absolute atomic E-state index is 0.00891. The summed E-state index contributed by atoms with van der Waals surface area (Å²) in [5, 5.41) is 5.96. The SMILES string of the molecule is Cc1c(C(=O)NCC2C(=O)NC(C)CC2C)cc2cccn2c1C(C)OCc1cccc(F)c1. The quantitative estimate of drug-likeness (QED) is 0.538. The number of ether oxygens (including phenoxy) is 1. The first-order chi connectivity index (χ1) is 16.2. The number of carbonyl (C=O) groups is 2. The highest BCUT2D eigenvalue weighted by molar-refractivity contribution is 5.97. The lowest BCUT2D eigenvalue weighted by Gasteiger charge is -2.32. The van der Waals surface area contributed by atoms with E-state index in [1.807, 2.05) is 55.6 Å². The lowest BCUT2D eigenvalue weighted by molar-refractivity contribution is -0.129. The number of fused-ring (bicyclic) bond motifs is 1. The summed E-state index contributed by atoms with van der Waals surface area (Å²) in [6, 6.07) is 12.2. The predicted octanol–water partition coefficient (Wildman–Crippen LogP) is 4.56. The lowest BCUT2D eigenvalue weighted by Crippen LogP contribution is -2.50. The van der Waals surface area contributed by atoms with Crippen molar-refractivity contribution in [2.45, 2.75) is 52.9 Å². The first-order valence-electron chi connectivity index (χ1n) is 11.8. The van der Waals surface area contributed by atoms with E-state index in [4.69, 9.17) is 4.74 Å². The molecule has 34 heavy (non-hydrogen) atoms. The van der Waals surface area contributed by atoms with Crippen LogP contribution in [0, 0.1) is 24.6 Å². The number of hydrogen-bond donors (Lipinski definition) is 2. The average Bonchev–Trinajstić information content (AvgIpc) is 3.24. The van der Waals surface area contributed by atoms with Crippen LogP contribution in [0.2, 0.25) is 0 Å². The molecule has 180 valence electrons. The summed E-state index contributed by atoms with van der Waals surface area (Å²) in [5.41, 5.74) is 3.85. The van der Waals surface area contributed by atoms with Gasteiger partial charge in [0.25, 0.3) is 5.91 Å². The molecular weight excluding hydrogens is 433 g/mol. The van der Waals surface area contributed by atoms with Crippen molar-refractivity contribution in [1.82, 2.24) is 15.0 Å². The van der Waals surface area contributed by atoms with Gasteiger partial charge in [-0.1, -0.05) is 19.1 Å². The molecular formula is C27H32FN3O3. The number of piperidine rings is 1. The van der Waals surface area contributed by atoms with E-state index >= 15 is 0 Å². The van der Waals surface area contributed by atoms with Gasteiger partial charge in [-0.15, -0.1) is 0 Å². The van der Waals surface area contributed by atoms with Crippen molar-refractivity contribution in [2.75, 3.05) is 6.54 Å². The Bertz CT molecular complexity index is 1210. The van der Waals surface area contributed by atoms with E-state index in [1.165, 1.54) is 12.1 Å². The summed E-state index contributed by atoms with van der Waals surface area (Å²) in [4.78, 5) is 25.6. The third-order valence-electron chi connectivity index (χ3n) is 6.76. The van der Waals surface area contributed by atoms with Crippen molar-refractivity contribution < 1.29 is 18.7 Å². The molecule has 4 rings (SSSR count). The van der Waals surface area contributed by atoms with Gasteiger partial charge in [0, 0.05) is 29.9 Å². The van der Waals surface area contributed by atoms with E-state index < -0.39 is 0 Å². The molecule has 0 aliphatic carbocycles. The Labute approximate surface area is 199 Å². The van der Waals surface area contributed by atoms with Gasteiger partial charge in [0.2, 0.25) is 5.91 Å². The molecule has 1 saturated heterocycles. The summed E-state index contributed by atoms with van der Waals surface area (Å²) >= 11 is 0. The van der Waals surface area contributed by atoms with Gasteiger partial charge in [-0.3, -0.25) is 9.59 Å². The van der Waals surface area contributed by atoms with Gasteiger partial charge < -0.3 is 19.8 Å². The second kappa shape index (κ2) is 9.97. The maximum atomic E-state index is 13.5. The van der Waals surface area contributed by atoms with Crippen LogP contribution in [0.25, 0.3) is 5.52 Å². The number of nitrogens with one attached hydrogen (secondary N) is 2. The highest BCUT2D eigenvalue weighted by Gasteiger charge is 2.32. The molecule has 0 radical (unpaired) electrons. The summed E-state index contributed by atoms with van der Waals surface area (Å²) in [6.07, 6.45) is 2.50. The Kier molecular flexibility index (Phi) is 7.03. The Morgan fingerprint density at radius 2 is 2.06 bits per heavy atom. The number of carbonyl (C=O) groups excluding carboxylic acids is 2. The van der Waals surface area contributed by atoms with Crippen molar-refractivity contribution in [3.05, 3.63) is 76.9 Å². The highest BCUT2D eigenvalue weighted by Crippen LogP contribution is 2.28. The first kappa shape index (κ1) is 24.0. The second-order valence-electron chi connectivity index (χ2n) is 9.39. The molecule has 1 aromatic carbocycles. The van der Waals surface area contributed by atoms with Crippen molar-refractivity contribution in [3.8, 4) is 0 Å². The number of rotatable bonds is 7. The third-order valence-corrected chi connectivity index (χ3v) is 6.76. The number of benzene rings is 1. The van der Waals surface area contributed by atoms with E-state index in [0.717, 1.165) is 28.8 Å². The fraction of sp³-hybridized carbons (Fsp3) is 0.407. The average molecular weight is 466 g/mol. The molecule has 0 bridgehead atoms. The Morgan fingerprint density at radius 3 is 2.79 bits per heavy atom. The van der Waals surface area contributed by atoms with Gasteiger partial charge in [-0.2, -0.15) is 0 Å². The fourth-order valence-electron chi connectivity index (χ4n) is 4.95. The number of aromatic nitrogens is 1. The van der Waals surface area contributed by atoms with Crippen LogP contribution in [0.1, 0.15) is 60.5 Å². The fourth-order valence-corrected chi connectivity index (χ4v) is 4.95. The van der Waals surface area contributed by atoms with E-state index in [0.29, 0.717) is 12.1 Å². The summed E-state index contributed by atoms with van der Waals surface area (Å²) in [7, 11) is 0. The smallest absolute Gasteiger partial charge is 0.251 e. The molecule has 1 fully saturated rings. The van der Waals surface area contributed by atoms with Crippen LogP contribution in [-0.4, -0.2) is 28.8 Å². The Morgan fingerprint density at radius 1 is 1.26 bits per heavy atom. The van der Waals surface area contributed by atoms with Crippen molar-refractivity contribution >= 4 is 17.3 Å². The standard InChI is InChI=1S/C27H32FN3O3/c1-16-11-17(2)30-27(33)24(16)14-29-26(32)23-13-22-9-6-10-31(22)25(18(23)3)19(4)34-15-20-7-5-8-21(28)12-20/h5-10,12-13,16-17,19,24H,11,14-15H2,1-4H3,(H,29,32)(H,30,33). The summed E-state index contributed by atoms with van der Waals surface area (Å²) < 4.78 is 21.6. The van der Waals surface area contributed by atoms with Crippen LogP contribution in [-0.2, 0) is 16.1 Å². The number of halogens is 1. The zero-order valence-electron chi connectivity index (χ0n) is 20.1.